The smallest absolute Gasteiger partial charge is 0.328 e. The summed E-state index contributed by atoms with van der Waals surface area (Å²) >= 11 is 6.05. The van der Waals surface area contributed by atoms with Gasteiger partial charge in [0.25, 0.3) is 0 Å². The molecule has 2 aliphatic rings. The number of hydrogen-bond acceptors (Lipinski definition) is 6. The summed E-state index contributed by atoms with van der Waals surface area (Å²) in [7, 11) is 0. The number of piperidine rings is 1. The summed E-state index contributed by atoms with van der Waals surface area (Å²) in [6.07, 6.45) is 7.41. The number of aliphatic carboxylic acids is 1. The Labute approximate surface area is 245 Å². The summed E-state index contributed by atoms with van der Waals surface area (Å²) < 4.78 is 6.16. The van der Waals surface area contributed by atoms with Gasteiger partial charge in [-0.1, -0.05) is 61.0 Å². The molecule has 1 aromatic heterocycles. The van der Waals surface area contributed by atoms with Crippen molar-refractivity contribution in [2.75, 3.05) is 19.6 Å². The van der Waals surface area contributed by atoms with Crippen molar-refractivity contribution < 1.29 is 14.6 Å². The number of rotatable bonds is 8. The van der Waals surface area contributed by atoms with E-state index in [-0.39, 0.29) is 5.92 Å². The fraction of sp³-hybridized carbons (Fsp3) is 0.333. The Morgan fingerprint density at radius 3 is 2.59 bits per heavy atom. The summed E-state index contributed by atoms with van der Waals surface area (Å²) in [6, 6.07) is 17.3. The molecular formula is C33H34ClN3O4. The van der Waals surface area contributed by atoms with Gasteiger partial charge in [0.1, 0.15) is 17.9 Å². The largest absolute Gasteiger partial charge is 0.487 e. The van der Waals surface area contributed by atoms with E-state index in [1.165, 1.54) is 6.08 Å². The first-order valence-corrected chi connectivity index (χ1v) is 14.4. The minimum Gasteiger partial charge on any atom is -0.487 e. The molecule has 0 radical (unpaired) electrons. The molecule has 0 unspecified atom stereocenters. The summed E-state index contributed by atoms with van der Waals surface area (Å²) in [5.41, 5.74) is 5.67. The van der Waals surface area contributed by atoms with E-state index in [4.69, 9.17) is 16.3 Å². The molecule has 0 bridgehead atoms. The van der Waals surface area contributed by atoms with Crippen LogP contribution in [0.15, 0.2) is 78.1 Å². The van der Waals surface area contributed by atoms with Gasteiger partial charge < -0.3 is 14.7 Å². The van der Waals surface area contributed by atoms with Gasteiger partial charge in [-0.3, -0.25) is 4.98 Å². The molecule has 212 valence electrons. The molecular weight excluding hydrogens is 538 g/mol. The van der Waals surface area contributed by atoms with E-state index < -0.39 is 11.5 Å². The van der Waals surface area contributed by atoms with E-state index in [9.17, 15) is 14.8 Å². The van der Waals surface area contributed by atoms with Crippen molar-refractivity contribution in [3.05, 3.63) is 111 Å². The quantitative estimate of drug-likeness (QED) is 0.225. The first kappa shape index (κ1) is 28.7. The molecule has 3 aromatic rings. The van der Waals surface area contributed by atoms with Crippen LogP contribution in [-0.4, -0.2) is 40.6 Å². The summed E-state index contributed by atoms with van der Waals surface area (Å²) in [5, 5.41) is 13.7. The van der Waals surface area contributed by atoms with Crippen molar-refractivity contribution in [3.8, 4) is 5.75 Å². The highest BCUT2D eigenvalue weighted by Crippen LogP contribution is 2.40. The van der Waals surface area contributed by atoms with Crippen LogP contribution in [0, 0.1) is 10.8 Å². The number of aromatic nitrogens is 1. The lowest BCUT2D eigenvalue weighted by atomic mass is 9.82. The van der Waals surface area contributed by atoms with Gasteiger partial charge in [0, 0.05) is 48.1 Å². The number of ether oxygens (including phenoxy) is 1. The Morgan fingerprint density at radius 1 is 1.15 bits per heavy atom. The Bertz CT molecular complexity index is 1490. The number of halogens is 1. The molecule has 5 rings (SSSR count). The monoisotopic (exact) mass is 571 g/mol. The van der Waals surface area contributed by atoms with Crippen molar-refractivity contribution in [3.63, 3.8) is 0 Å². The zero-order chi connectivity index (χ0) is 29.0. The van der Waals surface area contributed by atoms with Crippen LogP contribution in [0.2, 0.25) is 5.02 Å². The Kier molecular flexibility index (Phi) is 8.66. The molecule has 2 aliphatic heterocycles. The van der Waals surface area contributed by atoms with Crippen molar-refractivity contribution in [2.24, 2.45) is 11.1 Å². The normalized spacial score (nSPS) is 17.9. The van der Waals surface area contributed by atoms with E-state index in [0.717, 1.165) is 70.9 Å². The lowest BCUT2D eigenvalue weighted by Gasteiger charge is -2.37. The number of benzene rings is 2. The molecule has 0 atom stereocenters. The number of allylic oxidation sites excluding steroid dienone is 1. The van der Waals surface area contributed by atoms with Gasteiger partial charge in [0.2, 0.25) is 0 Å². The first-order chi connectivity index (χ1) is 19.8. The predicted molar refractivity (Wildman–Crippen MR) is 162 cm³/mol. The third-order valence-corrected chi connectivity index (χ3v) is 8.33. The van der Waals surface area contributed by atoms with Gasteiger partial charge >= 0.3 is 5.97 Å². The number of fused-ring (bicyclic) bond motifs is 2. The van der Waals surface area contributed by atoms with Crippen LogP contribution in [0.3, 0.4) is 0 Å². The molecule has 41 heavy (non-hydrogen) atoms. The number of nitroso groups, excluding NO2 is 1. The van der Waals surface area contributed by atoms with Gasteiger partial charge in [-0.05, 0) is 77.8 Å². The number of carboxylic acid groups (broad SMARTS) is 1. The Balaban J connectivity index is 1.39. The van der Waals surface area contributed by atoms with Gasteiger partial charge in [-0.25, -0.2) is 4.79 Å². The second-order valence-electron chi connectivity index (χ2n) is 11.0. The topological polar surface area (TPSA) is 92.1 Å². The standard InChI is InChI=1S/C33H34ClN3O4/c1-22(2)28(20-32(38)39)23-7-12-31-29(19-23)26(27-5-3-15-35-30(27)21-41-31)6-4-16-37-17-13-33(36-40,14-18-37)24-8-10-25(34)11-9-24/h3,5-12,15,19-20,22H,4,13-14,16-18,21H2,1-2H3,(H,38,39)/b26-6+,28-20-. The van der Waals surface area contributed by atoms with Crippen molar-refractivity contribution in [1.29, 1.82) is 0 Å². The lowest BCUT2D eigenvalue weighted by molar-refractivity contribution is -0.131. The molecule has 1 fully saturated rings. The van der Waals surface area contributed by atoms with E-state index in [1.54, 1.807) is 6.20 Å². The van der Waals surface area contributed by atoms with Crippen molar-refractivity contribution in [2.45, 2.75) is 45.3 Å². The molecule has 1 N–H and O–H groups in total. The summed E-state index contributed by atoms with van der Waals surface area (Å²) in [5.74, 6) is -0.173. The highest BCUT2D eigenvalue weighted by Gasteiger charge is 2.37. The fourth-order valence-electron chi connectivity index (χ4n) is 5.80. The van der Waals surface area contributed by atoms with Crippen LogP contribution in [0.4, 0.5) is 0 Å². The third kappa shape index (κ3) is 6.26. The predicted octanol–water partition coefficient (Wildman–Crippen LogP) is 7.33. The van der Waals surface area contributed by atoms with Crippen LogP contribution in [0.1, 0.15) is 61.1 Å². The molecule has 7 nitrogen and oxygen atoms in total. The van der Waals surface area contributed by atoms with Gasteiger partial charge in [-0.2, -0.15) is 0 Å². The van der Waals surface area contributed by atoms with Crippen molar-refractivity contribution in [1.82, 2.24) is 9.88 Å². The maximum Gasteiger partial charge on any atom is 0.328 e. The van der Waals surface area contributed by atoms with E-state index >= 15 is 0 Å². The second-order valence-corrected chi connectivity index (χ2v) is 11.4. The van der Waals surface area contributed by atoms with E-state index in [2.05, 4.69) is 27.2 Å². The summed E-state index contributed by atoms with van der Waals surface area (Å²) in [6.45, 7) is 6.73. The fourth-order valence-corrected chi connectivity index (χ4v) is 5.93. The first-order valence-electron chi connectivity index (χ1n) is 14.0. The number of carbonyl (C=O) groups is 1. The van der Waals surface area contributed by atoms with Gasteiger partial charge in [-0.15, -0.1) is 4.91 Å². The molecule has 0 aliphatic carbocycles. The molecule has 0 spiro atoms. The molecule has 1 saturated heterocycles. The number of nitrogens with zero attached hydrogens (tertiary/aromatic N) is 3. The SMILES string of the molecule is CC(C)/C(=C/C(=O)O)c1ccc2c(c1)/C(=C/CCN1CCC(N=O)(c3ccc(Cl)cc3)CC1)c1cccnc1CO2. The average molecular weight is 572 g/mol. The maximum atomic E-state index is 12.0. The number of likely N-dealkylation sites (tertiary alicyclic amines) is 1. The summed E-state index contributed by atoms with van der Waals surface area (Å²) in [4.78, 5) is 30.5. The van der Waals surface area contributed by atoms with Crippen LogP contribution in [0.25, 0.3) is 11.1 Å². The molecule has 0 saturated carbocycles. The minimum atomic E-state index is -0.961. The molecule has 8 heteroatoms. The second kappa shape index (κ2) is 12.4. The molecule has 3 heterocycles. The average Bonchev–Trinajstić information content (AvgIpc) is 3.13. The van der Waals surface area contributed by atoms with Crippen LogP contribution >= 0.6 is 11.6 Å². The highest BCUT2D eigenvalue weighted by molar-refractivity contribution is 6.30. The molecule has 0 amide bonds. The third-order valence-electron chi connectivity index (χ3n) is 8.08. The van der Waals surface area contributed by atoms with Crippen LogP contribution in [-0.2, 0) is 16.9 Å². The number of hydrogen-bond donors (Lipinski definition) is 1. The Morgan fingerprint density at radius 2 is 1.90 bits per heavy atom. The van der Waals surface area contributed by atoms with E-state index in [0.29, 0.717) is 24.5 Å². The number of pyridine rings is 1. The van der Waals surface area contributed by atoms with Gasteiger partial charge in [0.05, 0.1) is 5.69 Å². The zero-order valence-electron chi connectivity index (χ0n) is 23.3. The Hall–Kier alpha value is -3.81. The maximum absolute atomic E-state index is 12.0. The molecule has 2 aromatic carbocycles. The highest BCUT2D eigenvalue weighted by atomic mass is 35.5. The minimum absolute atomic E-state index is 0.0391. The van der Waals surface area contributed by atoms with Crippen molar-refractivity contribution >= 4 is 28.7 Å². The zero-order valence-corrected chi connectivity index (χ0v) is 24.1. The lowest BCUT2D eigenvalue weighted by Crippen LogP contribution is -2.41. The van der Waals surface area contributed by atoms with Crippen LogP contribution < -0.4 is 4.74 Å². The van der Waals surface area contributed by atoms with Gasteiger partial charge in [0.15, 0.2) is 0 Å². The van der Waals surface area contributed by atoms with E-state index in [1.807, 2.05) is 62.4 Å². The van der Waals surface area contributed by atoms with Crippen LogP contribution in [0.5, 0.6) is 5.75 Å². The number of carboxylic acids is 1.